The first-order valence-electron chi connectivity index (χ1n) is 9.71. The topological polar surface area (TPSA) is 81.0 Å². The molecule has 0 amide bonds. The van der Waals surface area contributed by atoms with Crippen molar-refractivity contribution in [3.05, 3.63) is 82.6 Å². The summed E-state index contributed by atoms with van der Waals surface area (Å²) in [6, 6.07) is 17.7. The largest absolute Gasteiger partial charge is 0.502 e. The van der Waals surface area contributed by atoms with Crippen LogP contribution in [0, 0.1) is 5.41 Å². The molecule has 1 heterocycles. The number of nitrogens with zero attached hydrogens (tertiary/aromatic N) is 1. The predicted octanol–water partition coefficient (Wildman–Crippen LogP) is 4.05. The zero-order valence-electron chi connectivity index (χ0n) is 16.2. The molecule has 29 heavy (non-hydrogen) atoms. The third-order valence-electron chi connectivity index (χ3n) is 5.73. The Balaban J connectivity index is 1.77. The van der Waals surface area contributed by atoms with E-state index in [0.29, 0.717) is 24.3 Å². The van der Waals surface area contributed by atoms with Crippen LogP contribution in [-0.2, 0) is 17.8 Å². The normalized spacial score (nSPS) is 18.3. The summed E-state index contributed by atoms with van der Waals surface area (Å²) >= 11 is 5.99. The molecule has 1 unspecified atom stereocenters. The molecule has 0 spiro atoms. The van der Waals surface area contributed by atoms with Crippen LogP contribution in [0.3, 0.4) is 0 Å². The molecule has 6 heteroatoms. The van der Waals surface area contributed by atoms with E-state index < -0.39 is 23.2 Å². The molecule has 1 atom stereocenters. The van der Waals surface area contributed by atoms with Gasteiger partial charge in [0.25, 0.3) is 0 Å². The number of hydrogen-bond acceptors (Lipinski definition) is 4. The Morgan fingerprint density at radius 1 is 1.03 bits per heavy atom. The zero-order chi connectivity index (χ0) is 20.9. The summed E-state index contributed by atoms with van der Waals surface area (Å²) in [5, 5.41) is 30.2. The number of aliphatic hydroxyl groups excluding tert-OH is 2. The van der Waals surface area contributed by atoms with Gasteiger partial charge in [-0.15, -0.1) is 0 Å². The van der Waals surface area contributed by atoms with Crippen LogP contribution < -0.4 is 0 Å². The summed E-state index contributed by atoms with van der Waals surface area (Å²) in [5.41, 5.74) is 1.71. The minimum absolute atomic E-state index is 0.551. The van der Waals surface area contributed by atoms with Crippen LogP contribution in [-0.4, -0.2) is 45.4 Å². The highest BCUT2D eigenvalue weighted by Crippen LogP contribution is 2.40. The predicted molar refractivity (Wildman–Crippen MR) is 113 cm³/mol. The number of carbonyl (C=O) groups is 1. The molecule has 0 bridgehead atoms. The molecule has 0 aromatic heterocycles. The average molecular weight is 416 g/mol. The number of benzene rings is 2. The number of carboxylic acids is 1. The van der Waals surface area contributed by atoms with Gasteiger partial charge in [0, 0.05) is 17.0 Å². The highest BCUT2D eigenvalue weighted by Gasteiger charge is 2.40. The average Bonchev–Trinajstić information content (AvgIpc) is 2.72. The number of piperidine rings is 1. The maximum Gasteiger partial charge on any atom is 0.370 e. The van der Waals surface area contributed by atoms with E-state index in [1.807, 2.05) is 42.5 Å². The summed E-state index contributed by atoms with van der Waals surface area (Å²) in [5.74, 6) is -2.26. The molecule has 154 valence electrons. The van der Waals surface area contributed by atoms with Crippen LogP contribution >= 0.6 is 11.6 Å². The number of carboxylic acid groups (broad SMARTS) is 1. The molecule has 5 nitrogen and oxygen atoms in total. The Labute approximate surface area is 175 Å². The zero-order valence-corrected chi connectivity index (χ0v) is 16.9. The summed E-state index contributed by atoms with van der Waals surface area (Å²) in [6.45, 7) is 2.40. The van der Waals surface area contributed by atoms with Gasteiger partial charge >= 0.3 is 5.97 Å². The van der Waals surface area contributed by atoms with Gasteiger partial charge in [-0.05, 0) is 61.7 Å². The Bertz CT molecular complexity index is 843. The Morgan fingerprint density at radius 3 is 2.24 bits per heavy atom. The van der Waals surface area contributed by atoms with E-state index in [-0.39, 0.29) is 0 Å². The molecular weight excluding hydrogens is 390 g/mol. The molecule has 1 fully saturated rings. The van der Waals surface area contributed by atoms with Gasteiger partial charge in [-0.25, -0.2) is 4.79 Å². The maximum absolute atomic E-state index is 11.0. The summed E-state index contributed by atoms with van der Waals surface area (Å²) < 4.78 is 0. The number of aliphatic carboxylic acids is 1. The Morgan fingerprint density at radius 2 is 1.66 bits per heavy atom. The maximum atomic E-state index is 11.0. The molecule has 2 aromatic rings. The highest BCUT2D eigenvalue weighted by atomic mass is 35.5. The summed E-state index contributed by atoms with van der Waals surface area (Å²) in [4.78, 5) is 13.4. The fourth-order valence-electron chi connectivity index (χ4n) is 3.98. The van der Waals surface area contributed by atoms with Crippen LogP contribution in [0.1, 0.15) is 24.0 Å². The molecule has 1 saturated heterocycles. The number of likely N-dealkylation sites (tertiary alicyclic amines) is 1. The Kier molecular flexibility index (Phi) is 6.96. The van der Waals surface area contributed by atoms with E-state index in [1.165, 1.54) is 5.56 Å². The second-order valence-corrected chi connectivity index (χ2v) is 8.17. The van der Waals surface area contributed by atoms with Gasteiger partial charge in [0.15, 0.2) is 5.76 Å². The lowest BCUT2D eigenvalue weighted by molar-refractivity contribution is -0.135. The fourth-order valence-corrected chi connectivity index (χ4v) is 4.11. The van der Waals surface area contributed by atoms with Gasteiger partial charge in [0.1, 0.15) is 0 Å². The van der Waals surface area contributed by atoms with Crippen molar-refractivity contribution in [3.63, 3.8) is 0 Å². The van der Waals surface area contributed by atoms with Crippen LogP contribution in [0.5, 0.6) is 0 Å². The van der Waals surface area contributed by atoms with Gasteiger partial charge in [-0.3, -0.25) is 4.90 Å². The quantitative estimate of drug-likeness (QED) is 0.469. The van der Waals surface area contributed by atoms with Crippen LogP contribution in [0.25, 0.3) is 0 Å². The molecule has 1 aliphatic heterocycles. The smallest absolute Gasteiger partial charge is 0.370 e. The van der Waals surface area contributed by atoms with E-state index in [4.69, 9.17) is 16.7 Å². The lowest BCUT2D eigenvalue weighted by Gasteiger charge is -2.44. The number of halogens is 1. The van der Waals surface area contributed by atoms with Gasteiger partial charge in [-0.2, -0.15) is 0 Å². The van der Waals surface area contributed by atoms with Crippen molar-refractivity contribution in [1.29, 1.82) is 0 Å². The second kappa shape index (κ2) is 9.44. The van der Waals surface area contributed by atoms with Crippen molar-refractivity contribution in [1.82, 2.24) is 4.90 Å². The molecule has 3 rings (SSSR count). The SMILES string of the molecule is O=C(O)/C(O)=C/C(O)C1(Cc2ccc(Cl)cc2)CCN(Cc2ccccc2)CC1. The van der Waals surface area contributed by atoms with Crippen molar-refractivity contribution in [2.75, 3.05) is 13.1 Å². The molecule has 0 saturated carbocycles. The number of aliphatic hydroxyl groups is 2. The van der Waals surface area contributed by atoms with E-state index in [2.05, 4.69) is 17.0 Å². The van der Waals surface area contributed by atoms with E-state index >= 15 is 0 Å². The van der Waals surface area contributed by atoms with Crippen LogP contribution in [0.2, 0.25) is 5.02 Å². The fraction of sp³-hybridized carbons (Fsp3) is 0.348. The first kappa shape index (κ1) is 21.4. The van der Waals surface area contributed by atoms with Gasteiger partial charge in [0.2, 0.25) is 0 Å². The lowest BCUT2D eigenvalue weighted by Crippen LogP contribution is -2.47. The molecule has 3 N–H and O–H groups in total. The standard InChI is InChI=1S/C23H26ClNO4/c24-19-8-6-17(7-9-19)15-23(21(27)14-20(26)22(28)29)10-12-25(13-11-23)16-18-4-2-1-3-5-18/h1-9,14,21,26-27H,10-13,15-16H2,(H,28,29)/b20-14-. The third kappa shape index (κ3) is 5.60. The van der Waals surface area contributed by atoms with Crippen molar-refractivity contribution >= 4 is 17.6 Å². The molecular formula is C23H26ClNO4. The monoisotopic (exact) mass is 415 g/mol. The number of hydrogen-bond donors (Lipinski definition) is 3. The Hall–Kier alpha value is -2.34. The minimum atomic E-state index is -1.44. The molecule has 0 radical (unpaired) electrons. The molecule has 0 aliphatic carbocycles. The van der Waals surface area contributed by atoms with E-state index in [0.717, 1.165) is 31.3 Å². The van der Waals surface area contributed by atoms with Crippen LogP contribution in [0.4, 0.5) is 0 Å². The van der Waals surface area contributed by atoms with Crippen molar-refractivity contribution < 1.29 is 20.1 Å². The van der Waals surface area contributed by atoms with Crippen molar-refractivity contribution in [3.8, 4) is 0 Å². The number of rotatable bonds is 7. The first-order chi connectivity index (χ1) is 13.9. The van der Waals surface area contributed by atoms with Crippen LogP contribution in [0.15, 0.2) is 66.4 Å². The van der Waals surface area contributed by atoms with Gasteiger partial charge in [0.05, 0.1) is 6.10 Å². The molecule has 1 aliphatic rings. The first-order valence-corrected chi connectivity index (χ1v) is 10.1. The van der Waals surface area contributed by atoms with Gasteiger partial charge < -0.3 is 15.3 Å². The van der Waals surface area contributed by atoms with Gasteiger partial charge in [-0.1, -0.05) is 54.1 Å². The minimum Gasteiger partial charge on any atom is -0.502 e. The highest BCUT2D eigenvalue weighted by molar-refractivity contribution is 6.30. The van der Waals surface area contributed by atoms with E-state index in [1.54, 1.807) is 0 Å². The van der Waals surface area contributed by atoms with E-state index in [9.17, 15) is 15.0 Å². The molecule has 2 aromatic carbocycles. The summed E-state index contributed by atoms with van der Waals surface area (Å²) in [7, 11) is 0. The van der Waals surface area contributed by atoms with Crippen molar-refractivity contribution in [2.45, 2.75) is 31.9 Å². The van der Waals surface area contributed by atoms with Crippen molar-refractivity contribution in [2.24, 2.45) is 5.41 Å². The lowest BCUT2D eigenvalue weighted by atomic mass is 9.69. The third-order valence-corrected chi connectivity index (χ3v) is 5.98. The summed E-state index contributed by atoms with van der Waals surface area (Å²) in [6.07, 6.45) is 1.95. The second-order valence-electron chi connectivity index (χ2n) is 7.73.